The van der Waals surface area contributed by atoms with E-state index in [0.717, 1.165) is 10.1 Å². The summed E-state index contributed by atoms with van der Waals surface area (Å²) in [5, 5.41) is 4.05. The summed E-state index contributed by atoms with van der Waals surface area (Å²) >= 11 is 1.48. The van der Waals surface area contributed by atoms with E-state index in [1.165, 1.54) is 29.7 Å². The van der Waals surface area contributed by atoms with Gasteiger partial charge in [0.15, 0.2) is 0 Å². The first kappa shape index (κ1) is 12.5. The molecule has 1 aromatic heterocycles. The van der Waals surface area contributed by atoms with E-state index in [1.807, 2.05) is 19.1 Å². The quantitative estimate of drug-likeness (QED) is 0.902. The van der Waals surface area contributed by atoms with Crippen LogP contribution in [0.4, 0.5) is 5.69 Å². The Kier molecular flexibility index (Phi) is 2.97. The first-order chi connectivity index (χ1) is 9.06. The number of aryl methyl sites for hydroxylation is 1. The summed E-state index contributed by atoms with van der Waals surface area (Å²) in [5.74, 6) is 0.623. The Hall–Kier alpha value is -1.55. The van der Waals surface area contributed by atoms with Gasteiger partial charge in [-0.25, -0.2) is 0 Å². The number of hydrogen-bond donors (Lipinski definition) is 2. The molecule has 4 heteroatoms. The Morgan fingerprint density at radius 1 is 1.47 bits per heavy atom. The van der Waals surface area contributed by atoms with E-state index >= 15 is 0 Å². The number of rotatable bonds is 3. The molecule has 1 heterocycles. The van der Waals surface area contributed by atoms with Gasteiger partial charge in [-0.05, 0) is 44.2 Å². The van der Waals surface area contributed by atoms with Crippen molar-refractivity contribution >= 4 is 33.0 Å². The van der Waals surface area contributed by atoms with Crippen molar-refractivity contribution in [2.45, 2.75) is 32.7 Å². The normalized spacial score (nSPS) is 16.5. The van der Waals surface area contributed by atoms with Gasteiger partial charge in [-0.2, -0.15) is 0 Å². The monoisotopic (exact) mass is 274 g/mol. The predicted octanol–water partition coefficient (Wildman–Crippen LogP) is 3.32. The third kappa shape index (κ3) is 2.32. The van der Waals surface area contributed by atoms with E-state index in [-0.39, 0.29) is 11.9 Å². The standard InChI is InChI=1S/C15H18N2OS/c1-8-3-6-11-12(7-8)19-14(13(11)16)15(18)17-9(2)10-4-5-10/h3,6-7,9-10H,4-5,16H2,1-2H3,(H,17,18). The van der Waals surface area contributed by atoms with Crippen LogP contribution in [0.25, 0.3) is 10.1 Å². The molecule has 1 saturated carbocycles. The van der Waals surface area contributed by atoms with Gasteiger partial charge >= 0.3 is 0 Å². The Labute approximate surface area is 116 Å². The maximum absolute atomic E-state index is 12.3. The molecule has 1 fully saturated rings. The van der Waals surface area contributed by atoms with Crippen molar-refractivity contribution in [3.05, 3.63) is 28.6 Å². The zero-order valence-electron chi connectivity index (χ0n) is 11.2. The van der Waals surface area contributed by atoms with Gasteiger partial charge in [-0.1, -0.05) is 12.1 Å². The van der Waals surface area contributed by atoms with Gasteiger partial charge in [0.2, 0.25) is 0 Å². The summed E-state index contributed by atoms with van der Waals surface area (Å²) < 4.78 is 1.08. The summed E-state index contributed by atoms with van der Waals surface area (Å²) in [5.41, 5.74) is 7.91. The maximum atomic E-state index is 12.3. The number of carbonyl (C=O) groups is 1. The first-order valence-corrected chi connectivity index (χ1v) is 7.47. The molecule has 1 atom stereocenters. The highest BCUT2D eigenvalue weighted by molar-refractivity contribution is 7.21. The molecule has 0 radical (unpaired) electrons. The summed E-state index contributed by atoms with van der Waals surface area (Å²) in [4.78, 5) is 12.9. The van der Waals surface area contributed by atoms with Crippen LogP contribution in [0.1, 0.15) is 35.0 Å². The molecule has 2 aromatic rings. The minimum atomic E-state index is -0.0317. The number of hydrogen-bond acceptors (Lipinski definition) is 3. The van der Waals surface area contributed by atoms with Crippen LogP contribution in [-0.2, 0) is 0 Å². The largest absolute Gasteiger partial charge is 0.397 e. The van der Waals surface area contributed by atoms with Gasteiger partial charge in [-0.3, -0.25) is 4.79 Å². The van der Waals surface area contributed by atoms with Gasteiger partial charge in [0.05, 0.1) is 5.69 Å². The fraction of sp³-hybridized carbons (Fsp3) is 0.400. The molecule has 1 aliphatic carbocycles. The topological polar surface area (TPSA) is 55.1 Å². The van der Waals surface area contributed by atoms with Crippen LogP contribution < -0.4 is 11.1 Å². The lowest BCUT2D eigenvalue weighted by Gasteiger charge is -2.11. The molecule has 0 bridgehead atoms. The Morgan fingerprint density at radius 2 is 2.21 bits per heavy atom. The number of benzene rings is 1. The number of nitrogens with two attached hydrogens (primary N) is 1. The van der Waals surface area contributed by atoms with Crippen molar-refractivity contribution < 1.29 is 4.79 Å². The fourth-order valence-corrected chi connectivity index (χ4v) is 3.50. The SMILES string of the molecule is Cc1ccc2c(N)c(C(=O)NC(C)C3CC3)sc2c1. The van der Waals surface area contributed by atoms with Crippen molar-refractivity contribution in [3.63, 3.8) is 0 Å². The lowest BCUT2D eigenvalue weighted by molar-refractivity contribution is 0.0941. The first-order valence-electron chi connectivity index (χ1n) is 6.65. The number of anilines is 1. The van der Waals surface area contributed by atoms with Crippen LogP contribution >= 0.6 is 11.3 Å². The van der Waals surface area contributed by atoms with Crippen molar-refractivity contribution in [2.75, 3.05) is 5.73 Å². The van der Waals surface area contributed by atoms with Crippen LogP contribution in [0.2, 0.25) is 0 Å². The van der Waals surface area contributed by atoms with Gasteiger partial charge in [0, 0.05) is 16.1 Å². The van der Waals surface area contributed by atoms with Gasteiger partial charge < -0.3 is 11.1 Å². The molecule has 0 spiro atoms. The zero-order valence-corrected chi connectivity index (χ0v) is 12.0. The molecule has 1 amide bonds. The van der Waals surface area contributed by atoms with Crippen molar-refractivity contribution in [1.82, 2.24) is 5.32 Å². The second-order valence-electron chi connectivity index (χ2n) is 5.44. The average molecular weight is 274 g/mol. The maximum Gasteiger partial charge on any atom is 0.263 e. The highest BCUT2D eigenvalue weighted by Crippen LogP contribution is 2.35. The van der Waals surface area contributed by atoms with E-state index in [4.69, 9.17) is 5.73 Å². The smallest absolute Gasteiger partial charge is 0.263 e. The molecule has 0 aliphatic heterocycles. The van der Waals surface area contributed by atoms with Crippen molar-refractivity contribution in [3.8, 4) is 0 Å². The van der Waals surface area contributed by atoms with E-state index in [9.17, 15) is 4.79 Å². The van der Waals surface area contributed by atoms with Crippen LogP contribution in [0, 0.1) is 12.8 Å². The Bertz CT molecular complexity index is 643. The van der Waals surface area contributed by atoms with Crippen LogP contribution in [-0.4, -0.2) is 11.9 Å². The van der Waals surface area contributed by atoms with Gasteiger partial charge in [0.1, 0.15) is 4.88 Å². The average Bonchev–Trinajstić information content (AvgIpc) is 3.15. The molecule has 0 saturated heterocycles. The molecule has 19 heavy (non-hydrogen) atoms. The summed E-state index contributed by atoms with van der Waals surface area (Å²) in [7, 11) is 0. The number of fused-ring (bicyclic) bond motifs is 1. The molecule has 1 aliphatic rings. The third-order valence-electron chi connectivity index (χ3n) is 3.78. The number of nitrogen functional groups attached to an aromatic ring is 1. The highest BCUT2D eigenvalue weighted by Gasteiger charge is 2.29. The summed E-state index contributed by atoms with van der Waals surface area (Å²) in [6, 6.07) is 6.36. The number of thiophene rings is 1. The minimum Gasteiger partial charge on any atom is -0.397 e. The van der Waals surface area contributed by atoms with Crippen LogP contribution in [0.5, 0.6) is 0 Å². The number of nitrogens with one attached hydrogen (secondary N) is 1. The fourth-order valence-electron chi connectivity index (χ4n) is 2.38. The third-order valence-corrected chi connectivity index (χ3v) is 4.95. The van der Waals surface area contributed by atoms with E-state index < -0.39 is 0 Å². The van der Waals surface area contributed by atoms with Gasteiger partial charge in [0.25, 0.3) is 5.91 Å². The zero-order chi connectivity index (χ0) is 13.6. The highest BCUT2D eigenvalue weighted by atomic mass is 32.1. The molecule has 100 valence electrons. The van der Waals surface area contributed by atoms with Crippen LogP contribution in [0.15, 0.2) is 18.2 Å². The van der Waals surface area contributed by atoms with Crippen molar-refractivity contribution in [1.29, 1.82) is 0 Å². The number of amides is 1. The molecule has 3 N–H and O–H groups in total. The van der Waals surface area contributed by atoms with Crippen molar-refractivity contribution in [2.24, 2.45) is 5.92 Å². The summed E-state index contributed by atoms with van der Waals surface area (Å²) in [6.45, 7) is 4.12. The molecule has 3 nitrogen and oxygen atoms in total. The minimum absolute atomic E-state index is 0.0317. The van der Waals surface area contributed by atoms with Gasteiger partial charge in [-0.15, -0.1) is 11.3 Å². The summed E-state index contributed by atoms with van der Waals surface area (Å²) in [6.07, 6.45) is 2.45. The number of carbonyl (C=O) groups excluding carboxylic acids is 1. The Morgan fingerprint density at radius 3 is 2.89 bits per heavy atom. The second kappa shape index (κ2) is 4.53. The molecular formula is C15H18N2OS. The van der Waals surface area contributed by atoms with E-state index in [1.54, 1.807) is 0 Å². The van der Waals surface area contributed by atoms with Crippen LogP contribution in [0.3, 0.4) is 0 Å². The second-order valence-corrected chi connectivity index (χ2v) is 6.50. The van der Waals surface area contributed by atoms with E-state index in [0.29, 0.717) is 16.5 Å². The predicted molar refractivity (Wildman–Crippen MR) is 80.6 cm³/mol. The molecule has 1 unspecified atom stereocenters. The lowest BCUT2D eigenvalue weighted by Crippen LogP contribution is -2.33. The lowest BCUT2D eigenvalue weighted by atomic mass is 10.1. The molecule has 1 aromatic carbocycles. The molecular weight excluding hydrogens is 256 g/mol. The van der Waals surface area contributed by atoms with E-state index in [2.05, 4.69) is 18.3 Å². The molecule has 3 rings (SSSR count). The Balaban J connectivity index is 1.91.